The number of hydrogen-bond acceptors (Lipinski definition) is 31. The van der Waals surface area contributed by atoms with Crippen LogP contribution in [-0.4, -0.2) is 163 Å². The van der Waals surface area contributed by atoms with Gasteiger partial charge in [-0.15, -0.1) is 12.4 Å². The van der Waals surface area contributed by atoms with E-state index < -0.39 is 163 Å². The number of rotatable bonds is 26. The molecule has 622 valence electrons. The Labute approximate surface area is 668 Å². The minimum absolute atomic E-state index is 0. The Kier molecular flexibility index (Phi) is 34.9. The van der Waals surface area contributed by atoms with E-state index in [0.29, 0.717) is 14.9 Å². The molecule has 2 aliphatic rings. The fourth-order valence-electron chi connectivity index (χ4n) is 8.59. The number of hydrogen-bond donors (Lipinski definition) is 11. The van der Waals surface area contributed by atoms with E-state index in [2.05, 4.69) is 19.7 Å². The highest BCUT2D eigenvalue weighted by atomic mass is 35.9. The van der Waals surface area contributed by atoms with Crippen LogP contribution in [0.2, 0.25) is 0 Å². The number of ether oxygens (including phenoxy) is 5. The van der Waals surface area contributed by atoms with Gasteiger partial charge in [0.2, 0.25) is 5.56 Å². The first kappa shape index (κ1) is 87.7. The van der Waals surface area contributed by atoms with E-state index in [1.54, 1.807) is 127 Å². The molecular formula is C67H88Cl3N10O30P3. The number of aliphatic hydroxyl groups is 5. The zero-order valence-corrected chi connectivity index (χ0v) is 66.6. The Balaban J connectivity index is 0.000000400. The average molecular weight is 1720 g/mol. The zero-order chi connectivity index (χ0) is 89.6. The van der Waals surface area contributed by atoms with E-state index in [-0.39, 0.29) is 64.8 Å². The van der Waals surface area contributed by atoms with E-state index in [4.69, 9.17) is 78.2 Å². The van der Waals surface area contributed by atoms with Gasteiger partial charge >= 0.3 is 50.9 Å². The molecule has 9 rings (SSSR count). The topological polar surface area (TPSA) is 575 Å². The zero-order valence-electron chi connectivity index (χ0n) is 67.6. The molecule has 40 nitrogen and oxygen atoms in total. The molecule has 0 unspecified atom stereocenters. The van der Waals surface area contributed by atoms with E-state index in [9.17, 15) is 97.8 Å². The van der Waals surface area contributed by atoms with Crippen LogP contribution in [0.3, 0.4) is 0 Å². The van der Waals surface area contributed by atoms with Gasteiger partial charge in [-0.1, -0.05) is 54.6 Å². The Morgan fingerprint density at radius 1 is 0.584 bits per heavy atom. The summed E-state index contributed by atoms with van der Waals surface area (Å²) in [5, 5.41) is 76.8. The largest absolute Gasteiger partial charge is 0.513 e. The Bertz CT molecular complexity index is 4980. The molecule has 12 N–H and O–H groups in total. The van der Waals surface area contributed by atoms with Crippen LogP contribution in [0.4, 0.5) is 11.4 Å². The number of nitrogens with two attached hydrogens (primary N) is 1. The van der Waals surface area contributed by atoms with Crippen LogP contribution in [0.1, 0.15) is 96.8 Å². The third kappa shape index (κ3) is 32.6. The van der Waals surface area contributed by atoms with Gasteiger partial charge in [0.1, 0.15) is 76.7 Å². The first-order valence-electron chi connectivity index (χ1n) is 35.7. The lowest BCUT2D eigenvalue weighted by molar-refractivity contribution is -0.385. The number of esters is 3. The van der Waals surface area contributed by atoms with Crippen LogP contribution in [0.5, 0.6) is 23.0 Å². The Morgan fingerprint density at radius 2 is 0.938 bits per heavy atom. The quantitative estimate of drug-likeness (QED) is 0.00858. The normalized spacial score (nSPS) is 21.6. The Morgan fingerprint density at radius 3 is 1.28 bits per heavy atom. The summed E-state index contributed by atoms with van der Waals surface area (Å²) in [7, 11) is -8.87. The van der Waals surface area contributed by atoms with Crippen molar-refractivity contribution in [2.24, 2.45) is 5.73 Å². The fourth-order valence-corrected chi connectivity index (χ4v) is 12.3. The molecule has 13 atom stereocenters. The van der Waals surface area contributed by atoms with Crippen LogP contribution in [-0.2, 0) is 56.3 Å². The summed E-state index contributed by atoms with van der Waals surface area (Å²) < 4.78 is 137. The van der Waals surface area contributed by atoms with Crippen molar-refractivity contribution < 1.29 is 118 Å². The number of pyridine rings is 1. The van der Waals surface area contributed by atoms with Gasteiger partial charge < -0.3 is 78.0 Å². The highest BCUT2D eigenvalue weighted by Crippen LogP contribution is 2.57. The van der Waals surface area contributed by atoms with Crippen molar-refractivity contribution in [2.45, 2.75) is 161 Å². The Hall–Kier alpha value is -9.28. The molecule has 0 amide bonds. The van der Waals surface area contributed by atoms with Gasteiger partial charge in [-0.2, -0.15) is 10.2 Å². The SMILES string of the molecule is CC(C)OC(=O)[C@H](C)N.CC(C)OC(=O)[C@H](C)N[P@](=O)(Oc1ccccc1)Oc1ccc([N+](=O)[O-])cc1.Cl.O=P(Cl)(Cl)Oc1ccccc1.O=c1ccc([N+](=O)[O-])c[nH]1.[2H]c1cn([C@@H]2O[C@H](C([2H])([2H])O)[C@@H](O)[C@@]2(C)O)c(=O)[nH]c1=O.[2H]c1cn([C@@H]2O[C@H](C([2H])([2H])O[P@@](=O)(N[C@@H](C)C(=O)OC(C)C)Oc3ccccc3)[C@@H](O)[C@@]2(C)O)c(=O)[nH]c1=O. The molecule has 113 heavy (non-hydrogen) atoms. The van der Waals surface area contributed by atoms with Crippen molar-refractivity contribution in [1.82, 2.24) is 34.3 Å². The molecule has 0 spiro atoms. The van der Waals surface area contributed by atoms with Crippen LogP contribution >= 0.6 is 56.5 Å². The smallest absolute Gasteiger partial charge is 0.462 e. The number of aromatic amines is 3. The first-order chi connectivity index (χ1) is 54.4. The van der Waals surface area contributed by atoms with E-state index in [0.717, 1.165) is 44.6 Å². The number of aromatic nitrogens is 5. The molecule has 2 saturated heterocycles. The summed E-state index contributed by atoms with van der Waals surface area (Å²) in [6, 6.07) is 27.5. The molecule has 0 radical (unpaired) electrons. The third-order valence-electron chi connectivity index (χ3n) is 13.8. The number of nitrogens with one attached hydrogen (secondary N) is 5. The van der Waals surface area contributed by atoms with Crippen molar-refractivity contribution in [3.8, 4) is 23.0 Å². The molecule has 2 fully saturated rings. The molecule has 2 aliphatic heterocycles. The summed E-state index contributed by atoms with van der Waals surface area (Å²) in [6.45, 7) is 10.5. The number of halogens is 3. The average Bonchev–Trinajstić information content (AvgIpc) is 1.60. The lowest BCUT2D eigenvalue weighted by atomic mass is 9.96. The summed E-state index contributed by atoms with van der Waals surface area (Å²) >= 11 is 10.3. The van der Waals surface area contributed by atoms with Gasteiger partial charge in [0.15, 0.2) is 12.5 Å². The number of non-ortho nitro benzene ring substituents is 1. The highest BCUT2D eigenvalue weighted by molar-refractivity contribution is 8.05. The summed E-state index contributed by atoms with van der Waals surface area (Å²) in [5.41, 5.74) is -3.94. The molecule has 5 heterocycles. The molecule has 3 aromatic heterocycles. The van der Waals surface area contributed by atoms with Crippen molar-refractivity contribution >= 4 is 85.7 Å². The minimum Gasteiger partial charge on any atom is -0.462 e. The number of carbonyl (C=O) groups is 3. The molecule has 0 aliphatic carbocycles. The number of carbonyl (C=O) groups excluding carboxylic acids is 3. The van der Waals surface area contributed by atoms with Gasteiger partial charge in [0.05, 0.1) is 55.7 Å². The number of para-hydroxylation sites is 3. The maximum Gasteiger partial charge on any atom is 0.513 e. The second-order valence-electron chi connectivity index (χ2n) is 24.5. The fraction of sp³-hybridized carbons (Fsp3) is 0.403. The second-order valence-corrected chi connectivity index (χ2v) is 31.9. The predicted octanol–water partition coefficient (Wildman–Crippen LogP) is 6.95. The van der Waals surface area contributed by atoms with Crippen molar-refractivity contribution in [3.63, 3.8) is 0 Å². The number of H-pyrrole nitrogens is 3. The summed E-state index contributed by atoms with van der Waals surface area (Å²) in [5.74, 6) is -1.10. The lowest BCUT2D eigenvalue weighted by Gasteiger charge is -2.27. The summed E-state index contributed by atoms with van der Waals surface area (Å²) in [6.07, 6.45) is -13.0. The van der Waals surface area contributed by atoms with Gasteiger partial charge in [-0.3, -0.25) is 72.6 Å². The molecule has 7 aromatic rings. The molecule has 0 saturated carbocycles. The standard InChI is InChI=1S/C22H30N3O10P.C18H21N2O7P.C10H14N2O6.C6H5Cl2O2P.C6H13NO2.C5H4N2O3.ClH/c1-13(2)33-19(28)14(3)24-36(31,35-15-8-6-5-7-9-15)32-12-16-18(27)22(4,30)20(34-16)25-11-10-17(26)23-21(25)29;1-13(2)25-18(21)14(3)19-28(24,26-16-7-5-4-6-8-16)27-17-11-9-15(10-12-17)20(22)23;1-10(17)7(15)5(4-13)18-8(10)12-3-2-6(14)11-9(12)16;7-11(8,9)10-6-4-2-1-3-5-6;1-4(2)9-6(8)5(3)7;8-5-2-1-4(3-6-5)7(9)10;/h5-11,13-14,16,18,20,27,30H,12H2,1-4H3,(H,24,31)(H,23,26,29);4-14H,1-3H3,(H,19,24);2-3,5,7-8,13,15,17H,4H2,1H3,(H,11,14,16);1-5H;4-5H,7H2,1-3H3;1-3H,(H,6,8);1H/t14-,16+,18+,20+,22+,36-;14-,28-;5-,7-,8-,10-;;5-;;/m001.0../s1/i10D,12D2;;2D,4D2;;;;. The number of benzene rings is 4. The molecule has 46 heteroatoms. The van der Waals surface area contributed by atoms with Gasteiger partial charge in [-0.05, 0) is 125 Å². The third-order valence-corrected chi connectivity index (χ3v) is 17.7. The number of nitrogens with zero attached hydrogens (tertiary/aromatic N) is 4. The first-order valence-corrected chi connectivity index (χ1v) is 39.3. The van der Waals surface area contributed by atoms with Crippen LogP contribution in [0.25, 0.3) is 0 Å². The molecule has 4 aromatic carbocycles. The van der Waals surface area contributed by atoms with Crippen molar-refractivity contribution in [2.75, 3.05) is 13.1 Å². The number of nitro groups is 2. The van der Waals surface area contributed by atoms with Crippen LogP contribution < -0.4 is 62.1 Å². The van der Waals surface area contributed by atoms with Gasteiger partial charge in [-0.25, -0.2) is 23.3 Å². The van der Waals surface area contributed by atoms with Gasteiger partial charge in [0.25, 0.3) is 22.5 Å². The number of aliphatic hydroxyl groups excluding tert-OH is 2. The number of nitro benzene ring substituents is 1. The van der Waals surface area contributed by atoms with E-state index in [1.807, 2.05) is 9.97 Å². The summed E-state index contributed by atoms with van der Waals surface area (Å²) in [4.78, 5) is 118. The lowest BCUT2D eigenvalue weighted by Crippen LogP contribution is -2.47. The van der Waals surface area contributed by atoms with E-state index in [1.165, 1.54) is 50.2 Å². The van der Waals surface area contributed by atoms with Crippen LogP contribution in [0, 0.1) is 20.2 Å². The second kappa shape index (κ2) is 45.0. The van der Waals surface area contributed by atoms with E-state index >= 15 is 0 Å². The monoisotopic (exact) mass is 1720 g/mol. The van der Waals surface area contributed by atoms with Crippen LogP contribution in [0.15, 0.2) is 182 Å². The van der Waals surface area contributed by atoms with Gasteiger partial charge in [0, 0.05) is 71.2 Å². The molecular weight excluding hydrogens is 1620 g/mol. The highest BCUT2D eigenvalue weighted by Gasteiger charge is 2.55. The van der Waals surface area contributed by atoms with Crippen molar-refractivity contribution in [3.05, 3.63) is 230 Å². The maximum absolute atomic E-state index is 13.8. The molecule has 0 bridgehead atoms. The maximum atomic E-state index is 13.8. The minimum atomic E-state index is -4.80. The van der Waals surface area contributed by atoms with Crippen molar-refractivity contribution in [1.29, 1.82) is 0 Å². The predicted molar refractivity (Wildman–Crippen MR) is 410 cm³/mol.